The number of ether oxygens (including phenoxy) is 1. The molecule has 0 N–H and O–H groups in total. The zero-order chi connectivity index (χ0) is 22.8. The monoisotopic (exact) mass is 470 g/mol. The predicted octanol–water partition coefficient (Wildman–Crippen LogP) is 1.67. The highest BCUT2D eigenvalue weighted by molar-refractivity contribution is 6.30. The van der Waals surface area contributed by atoms with Crippen molar-refractivity contribution in [2.24, 2.45) is 5.92 Å². The zero-order valence-corrected chi connectivity index (χ0v) is 19.2. The molecule has 3 aliphatic rings. The van der Waals surface area contributed by atoms with Crippen LogP contribution in [0.5, 0.6) is 0 Å². The van der Waals surface area contributed by atoms with E-state index in [1.807, 2.05) is 17.0 Å². The van der Waals surface area contributed by atoms with Gasteiger partial charge in [-0.15, -0.1) is 5.10 Å². The first-order valence-electron chi connectivity index (χ1n) is 11.3. The van der Waals surface area contributed by atoms with Crippen LogP contribution in [0.3, 0.4) is 0 Å². The third-order valence-electron chi connectivity index (χ3n) is 6.53. The fourth-order valence-corrected chi connectivity index (χ4v) is 4.78. The number of carbonyl (C=O) groups excluding carboxylic acids is 2. The largest absolute Gasteiger partial charge is 0.378 e. The molecule has 3 saturated heterocycles. The molecule has 0 aliphatic carbocycles. The Hall–Kier alpha value is -2.91. The number of halogens is 1. The molecule has 1 unspecified atom stereocenters. The van der Waals surface area contributed by atoms with Crippen LogP contribution < -0.4 is 14.7 Å². The van der Waals surface area contributed by atoms with Crippen LogP contribution in [-0.4, -0.2) is 85.9 Å². The number of anilines is 3. The highest BCUT2D eigenvalue weighted by Gasteiger charge is 2.38. The van der Waals surface area contributed by atoms with Crippen LogP contribution in [0.4, 0.5) is 17.2 Å². The molecule has 1 atom stereocenters. The Morgan fingerprint density at radius 2 is 1.70 bits per heavy atom. The lowest BCUT2D eigenvalue weighted by Gasteiger charge is -2.37. The number of aromatic nitrogens is 2. The molecule has 5 rings (SSSR count). The van der Waals surface area contributed by atoms with Gasteiger partial charge in [0, 0.05) is 69.0 Å². The van der Waals surface area contributed by atoms with Gasteiger partial charge in [-0.2, -0.15) is 5.10 Å². The SMILES string of the molecule is O=C(C1CC(=O)N(c2ccc(Cl)cc2)C1)N1CCN(c2cnnc(N3CCOCC3)c2)CC1. The summed E-state index contributed by atoms with van der Waals surface area (Å²) in [6.07, 6.45) is 2.03. The molecule has 10 heteroatoms. The fraction of sp³-hybridized carbons (Fsp3) is 0.478. The van der Waals surface area contributed by atoms with E-state index in [0.29, 0.717) is 37.9 Å². The zero-order valence-electron chi connectivity index (χ0n) is 18.4. The second-order valence-corrected chi connectivity index (χ2v) is 9.00. The maximum Gasteiger partial charge on any atom is 0.228 e. The lowest BCUT2D eigenvalue weighted by molar-refractivity contribution is -0.136. The molecular formula is C23H27ClN6O3. The summed E-state index contributed by atoms with van der Waals surface area (Å²) in [6.45, 7) is 6.14. The van der Waals surface area contributed by atoms with Crippen LogP contribution >= 0.6 is 11.6 Å². The maximum atomic E-state index is 13.1. The Morgan fingerprint density at radius 1 is 0.970 bits per heavy atom. The molecule has 1 aromatic heterocycles. The van der Waals surface area contributed by atoms with Crippen LogP contribution in [-0.2, 0) is 14.3 Å². The third kappa shape index (κ3) is 4.74. The Balaban J connectivity index is 1.18. The van der Waals surface area contributed by atoms with E-state index in [1.165, 1.54) is 0 Å². The number of morpholine rings is 1. The Bertz CT molecular complexity index is 1010. The van der Waals surface area contributed by atoms with Crippen molar-refractivity contribution in [1.29, 1.82) is 0 Å². The smallest absolute Gasteiger partial charge is 0.228 e. The minimum Gasteiger partial charge on any atom is -0.378 e. The summed E-state index contributed by atoms with van der Waals surface area (Å²) in [6, 6.07) is 9.23. The summed E-state index contributed by atoms with van der Waals surface area (Å²) < 4.78 is 5.42. The van der Waals surface area contributed by atoms with Gasteiger partial charge < -0.3 is 24.3 Å². The van der Waals surface area contributed by atoms with Crippen molar-refractivity contribution in [1.82, 2.24) is 15.1 Å². The van der Waals surface area contributed by atoms with Gasteiger partial charge in [-0.1, -0.05) is 11.6 Å². The van der Waals surface area contributed by atoms with E-state index in [4.69, 9.17) is 16.3 Å². The van der Waals surface area contributed by atoms with Gasteiger partial charge in [0.1, 0.15) is 0 Å². The highest BCUT2D eigenvalue weighted by atomic mass is 35.5. The van der Waals surface area contributed by atoms with E-state index in [2.05, 4.69) is 26.1 Å². The second kappa shape index (κ2) is 9.52. The fourth-order valence-electron chi connectivity index (χ4n) is 4.65. The van der Waals surface area contributed by atoms with E-state index < -0.39 is 0 Å². The highest BCUT2D eigenvalue weighted by Crippen LogP contribution is 2.28. The molecule has 0 bridgehead atoms. The number of nitrogens with zero attached hydrogens (tertiary/aromatic N) is 6. The molecule has 0 radical (unpaired) electrons. The molecule has 4 heterocycles. The number of hydrogen-bond donors (Lipinski definition) is 0. The average Bonchev–Trinajstić information content (AvgIpc) is 3.26. The quantitative estimate of drug-likeness (QED) is 0.672. The summed E-state index contributed by atoms with van der Waals surface area (Å²) >= 11 is 5.96. The van der Waals surface area contributed by atoms with Gasteiger partial charge >= 0.3 is 0 Å². The molecule has 1 aromatic carbocycles. The normalized spacial score (nSPS) is 21.6. The molecule has 0 saturated carbocycles. The Labute approximate surface area is 197 Å². The number of piperazine rings is 1. The van der Waals surface area contributed by atoms with Crippen LogP contribution in [0.25, 0.3) is 0 Å². The molecule has 2 aromatic rings. The lowest BCUT2D eigenvalue weighted by Crippen LogP contribution is -2.50. The van der Waals surface area contributed by atoms with Gasteiger partial charge in [0.25, 0.3) is 0 Å². The molecular weight excluding hydrogens is 444 g/mol. The van der Waals surface area contributed by atoms with Crippen molar-refractivity contribution >= 4 is 40.6 Å². The lowest BCUT2D eigenvalue weighted by atomic mass is 10.1. The standard InChI is InChI=1S/C23H27ClN6O3/c24-18-1-3-19(4-2-18)30-16-17(13-22(30)31)23(32)29-7-5-27(6-8-29)20-14-21(26-25-15-20)28-9-11-33-12-10-28/h1-4,14-15,17H,5-13,16H2. The van der Waals surface area contributed by atoms with Gasteiger partial charge in [-0.25, -0.2) is 0 Å². The second-order valence-electron chi connectivity index (χ2n) is 8.57. The van der Waals surface area contributed by atoms with Crippen molar-refractivity contribution in [2.75, 3.05) is 73.7 Å². The molecule has 2 amide bonds. The van der Waals surface area contributed by atoms with E-state index in [1.54, 1.807) is 23.2 Å². The number of amides is 2. The van der Waals surface area contributed by atoms with Crippen molar-refractivity contribution in [2.45, 2.75) is 6.42 Å². The van der Waals surface area contributed by atoms with E-state index in [0.717, 1.165) is 43.4 Å². The van der Waals surface area contributed by atoms with Crippen LogP contribution in [0.1, 0.15) is 6.42 Å². The first-order valence-corrected chi connectivity index (χ1v) is 11.7. The summed E-state index contributed by atoms with van der Waals surface area (Å²) in [5.74, 6) is 0.588. The van der Waals surface area contributed by atoms with Gasteiger partial charge in [0.05, 0.1) is 31.0 Å². The van der Waals surface area contributed by atoms with Gasteiger partial charge in [-0.3, -0.25) is 9.59 Å². The van der Waals surface area contributed by atoms with Gasteiger partial charge in [0.2, 0.25) is 11.8 Å². The van der Waals surface area contributed by atoms with Crippen LogP contribution in [0.2, 0.25) is 5.02 Å². The molecule has 174 valence electrons. The summed E-state index contributed by atoms with van der Waals surface area (Å²) in [5, 5.41) is 9.10. The van der Waals surface area contributed by atoms with Crippen molar-refractivity contribution in [3.63, 3.8) is 0 Å². The summed E-state index contributed by atoms with van der Waals surface area (Å²) in [5.41, 5.74) is 1.80. The minimum atomic E-state index is -0.310. The summed E-state index contributed by atoms with van der Waals surface area (Å²) in [7, 11) is 0. The van der Waals surface area contributed by atoms with Crippen molar-refractivity contribution < 1.29 is 14.3 Å². The molecule has 3 aliphatic heterocycles. The van der Waals surface area contributed by atoms with Gasteiger partial charge in [0.15, 0.2) is 5.82 Å². The summed E-state index contributed by atoms with van der Waals surface area (Å²) in [4.78, 5) is 33.7. The molecule has 33 heavy (non-hydrogen) atoms. The average molecular weight is 471 g/mol. The molecule has 9 nitrogen and oxygen atoms in total. The van der Waals surface area contributed by atoms with E-state index >= 15 is 0 Å². The maximum absolute atomic E-state index is 13.1. The van der Waals surface area contributed by atoms with Crippen LogP contribution in [0, 0.1) is 5.92 Å². The topological polar surface area (TPSA) is 82.1 Å². The third-order valence-corrected chi connectivity index (χ3v) is 6.78. The first kappa shape index (κ1) is 21.9. The predicted molar refractivity (Wildman–Crippen MR) is 126 cm³/mol. The molecule has 3 fully saturated rings. The van der Waals surface area contributed by atoms with E-state index in [9.17, 15) is 9.59 Å². The minimum absolute atomic E-state index is 0.0205. The molecule has 0 spiro atoms. The number of benzene rings is 1. The van der Waals surface area contributed by atoms with Crippen molar-refractivity contribution in [3.8, 4) is 0 Å². The Morgan fingerprint density at radius 3 is 2.42 bits per heavy atom. The van der Waals surface area contributed by atoms with Crippen molar-refractivity contribution in [3.05, 3.63) is 41.6 Å². The van der Waals surface area contributed by atoms with Gasteiger partial charge in [-0.05, 0) is 24.3 Å². The van der Waals surface area contributed by atoms with Crippen LogP contribution in [0.15, 0.2) is 36.5 Å². The first-order chi connectivity index (χ1) is 16.1. The van der Waals surface area contributed by atoms with E-state index in [-0.39, 0.29) is 24.2 Å². The Kier molecular flexibility index (Phi) is 6.32. The number of rotatable bonds is 4. The number of carbonyl (C=O) groups is 2. The number of hydrogen-bond acceptors (Lipinski definition) is 7.